The average Bonchev–Trinajstić information content (AvgIpc) is 2.73. The van der Waals surface area contributed by atoms with Crippen LogP contribution in [0.5, 0.6) is 0 Å². The van der Waals surface area contributed by atoms with Gasteiger partial charge in [0.15, 0.2) is 0 Å². The second-order valence-corrected chi connectivity index (χ2v) is 6.58. The number of carbonyl (C=O) groups is 2. The van der Waals surface area contributed by atoms with E-state index in [1.54, 1.807) is 18.9 Å². The highest BCUT2D eigenvalue weighted by atomic mass is 32.2. The standard InChI is InChI=1S/C13H23NO4S/c1-5-6-11-14(9(8-19-11)12(16)17)10(15)7-13(2,3)18-4/h9,11H,5-8H2,1-4H3,(H,16,17). The molecular weight excluding hydrogens is 266 g/mol. The van der Waals surface area contributed by atoms with E-state index in [0.717, 1.165) is 12.8 Å². The molecule has 2 unspecified atom stereocenters. The Hall–Kier alpha value is -0.750. The van der Waals surface area contributed by atoms with Crippen molar-refractivity contribution in [1.82, 2.24) is 4.90 Å². The number of ether oxygens (including phenoxy) is 1. The average molecular weight is 289 g/mol. The molecule has 1 fully saturated rings. The van der Waals surface area contributed by atoms with Crippen LogP contribution >= 0.6 is 11.8 Å². The summed E-state index contributed by atoms with van der Waals surface area (Å²) in [5.74, 6) is -0.587. The lowest BCUT2D eigenvalue weighted by Crippen LogP contribution is -2.47. The van der Waals surface area contributed by atoms with E-state index in [1.165, 1.54) is 4.90 Å². The number of carboxylic acids is 1. The van der Waals surface area contributed by atoms with Crippen LogP contribution in [0.15, 0.2) is 0 Å². The van der Waals surface area contributed by atoms with Crippen molar-refractivity contribution >= 4 is 23.6 Å². The third-order valence-electron chi connectivity index (χ3n) is 3.33. The summed E-state index contributed by atoms with van der Waals surface area (Å²) in [4.78, 5) is 25.2. The summed E-state index contributed by atoms with van der Waals surface area (Å²) in [5, 5.41) is 9.21. The number of nitrogens with zero attached hydrogens (tertiary/aromatic N) is 1. The van der Waals surface area contributed by atoms with Crippen LogP contribution in [0.3, 0.4) is 0 Å². The van der Waals surface area contributed by atoms with Crippen LogP contribution in [0.1, 0.15) is 40.0 Å². The number of thioether (sulfide) groups is 1. The first-order valence-corrected chi connectivity index (χ1v) is 7.58. The van der Waals surface area contributed by atoms with Crippen molar-refractivity contribution < 1.29 is 19.4 Å². The van der Waals surface area contributed by atoms with E-state index in [-0.39, 0.29) is 17.7 Å². The van der Waals surface area contributed by atoms with Crippen LogP contribution in [-0.4, -0.2) is 51.8 Å². The molecule has 19 heavy (non-hydrogen) atoms. The van der Waals surface area contributed by atoms with Gasteiger partial charge in [-0.25, -0.2) is 4.79 Å². The molecule has 2 atom stereocenters. The summed E-state index contributed by atoms with van der Waals surface area (Å²) in [6, 6.07) is -0.707. The highest BCUT2D eigenvalue weighted by Gasteiger charge is 2.42. The molecule has 0 spiro atoms. The molecule has 1 saturated heterocycles. The first-order chi connectivity index (χ1) is 8.82. The summed E-state index contributed by atoms with van der Waals surface area (Å²) < 4.78 is 5.26. The van der Waals surface area contributed by atoms with Crippen LogP contribution in [0.25, 0.3) is 0 Å². The number of carbonyl (C=O) groups excluding carboxylic acids is 1. The molecule has 0 bridgehead atoms. The third-order valence-corrected chi connectivity index (χ3v) is 4.69. The van der Waals surface area contributed by atoms with Crippen molar-refractivity contribution in [2.75, 3.05) is 12.9 Å². The monoisotopic (exact) mass is 289 g/mol. The maximum absolute atomic E-state index is 12.4. The van der Waals surface area contributed by atoms with Gasteiger partial charge in [0.05, 0.1) is 17.4 Å². The van der Waals surface area contributed by atoms with Gasteiger partial charge in [0.25, 0.3) is 0 Å². The van der Waals surface area contributed by atoms with Gasteiger partial charge in [-0.2, -0.15) is 0 Å². The fraction of sp³-hybridized carbons (Fsp3) is 0.846. The summed E-state index contributed by atoms with van der Waals surface area (Å²) in [6.07, 6.45) is 1.96. The van der Waals surface area contributed by atoms with Crippen molar-refractivity contribution in [2.45, 2.75) is 57.1 Å². The number of amides is 1. The largest absolute Gasteiger partial charge is 0.480 e. The SMILES string of the molecule is CCCC1SCC(C(=O)O)N1C(=O)CC(C)(C)OC. The van der Waals surface area contributed by atoms with E-state index in [4.69, 9.17) is 4.74 Å². The van der Waals surface area contributed by atoms with Crippen molar-refractivity contribution in [1.29, 1.82) is 0 Å². The van der Waals surface area contributed by atoms with Gasteiger partial charge < -0.3 is 14.7 Å². The van der Waals surface area contributed by atoms with Crippen molar-refractivity contribution in [3.05, 3.63) is 0 Å². The Balaban J connectivity index is 2.83. The maximum atomic E-state index is 12.4. The fourth-order valence-electron chi connectivity index (χ4n) is 2.09. The normalized spacial score (nSPS) is 23.7. The topological polar surface area (TPSA) is 66.8 Å². The minimum Gasteiger partial charge on any atom is -0.480 e. The van der Waals surface area contributed by atoms with Gasteiger partial charge in [0, 0.05) is 12.9 Å². The van der Waals surface area contributed by atoms with Gasteiger partial charge in [-0.3, -0.25) is 4.79 Å². The molecule has 0 radical (unpaired) electrons. The van der Waals surface area contributed by atoms with Crippen molar-refractivity contribution in [3.8, 4) is 0 Å². The molecule has 1 rings (SSSR count). The second kappa shape index (κ2) is 6.61. The summed E-state index contributed by atoms with van der Waals surface area (Å²) >= 11 is 1.56. The quantitative estimate of drug-likeness (QED) is 0.809. The third kappa shape index (κ3) is 4.11. The van der Waals surface area contributed by atoms with E-state index in [0.29, 0.717) is 5.75 Å². The lowest BCUT2D eigenvalue weighted by Gasteiger charge is -2.31. The van der Waals surface area contributed by atoms with Crippen LogP contribution in [0.2, 0.25) is 0 Å². The Labute approximate surface area is 118 Å². The minimum absolute atomic E-state index is 0.0220. The van der Waals surface area contributed by atoms with Crippen molar-refractivity contribution in [3.63, 3.8) is 0 Å². The Morgan fingerprint density at radius 2 is 2.11 bits per heavy atom. The van der Waals surface area contributed by atoms with Crippen LogP contribution in [-0.2, 0) is 14.3 Å². The Morgan fingerprint density at radius 1 is 1.47 bits per heavy atom. The van der Waals surface area contributed by atoms with Gasteiger partial charge in [-0.1, -0.05) is 13.3 Å². The van der Waals surface area contributed by atoms with Crippen molar-refractivity contribution in [2.24, 2.45) is 0 Å². The molecule has 0 aromatic carbocycles. The Morgan fingerprint density at radius 3 is 2.58 bits per heavy atom. The van der Waals surface area contributed by atoms with E-state index in [9.17, 15) is 14.7 Å². The maximum Gasteiger partial charge on any atom is 0.327 e. The van der Waals surface area contributed by atoms with Gasteiger partial charge in [0.1, 0.15) is 6.04 Å². The summed E-state index contributed by atoms with van der Waals surface area (Å²) in [5.41, 5.74) is -0.565. The molecule has 0 aliphatic carbocycles. The molecule has 110 valence electrons. The predicted molar refractivity (Wildman–Crippen MR) is 75.1 cm³/mol. The van der Waals surface area contributed by atoms with Crippen LogP contribution < -0.4 is 0 Å². The number of methoxy groups -OCH3 is 1. The summed E-state index contributed by atoms with van der Waals surface area (Å²) in [6.45, 7) is 5.70. The fourth-order valence-corrected chi connectivity index (χ4v) is 3.62. The molecule has 1 heterocycles. The van der Waals surface area contributed by atoms with E-state index >= 15 is 0 Å². The van der Waals surface area contributed by atoms with Gasteiger partial charge >= 0.3 is 5.97 Å². The number of rotatable bonds is 6. The zero-order valence-electron chi connectivity index (χ0n) is 12.0. The molecule has 1 aliphatic heterocycles. The predicted octanol–water partition coefficient (Wildman–Crippen LogP) is 1.96. The first-order valence-electron chi connectivity index (χ1n) is 6.53. The number of hydrogen-bond acceptors (Lipinski definition) is 4. The lowest BCUT2D eigenvalue weighted by molar-refractivity contribution is -0.151. The molecule has 6 heteroatoms. The van der Waals surface area contributed by atoms with E-state index in [2.05, 4.69) is 0 Å². The zero-order valence-corrected chi connectivity index (χ0v) is 12.8. The van der Waals surface area contributed by atoms with Gasteiger partial charge in [0.2, 0.25) is 5.91 Å². The highest BCUT2D eigenvalue weighted by Crippen LogP contribution is 2.33. The number of aliphatic carboxylic acids is 1. The van der Waals surface area contributed by atoms with Gasteiger partial charge in [-0.15, -0.1) is 11.8 Å². The van der Waals surface area contributed by atoms with Crippen LogP contribution in [0.4, 0.5) is 0 Å². The molecule has 1 amide bonds. The van der Waals surface area contributed by atoms with Crippen LogP contribution in [0, 0.1) is 0 Å². The molecule has 1 aliphatic rings. The van der Waals surface area contributed by atoms with Gasteiger partial charge in [-0.05, 0) is 20.3 Å². The molecule has 0 saturated carbocycles. The zero-order chi connectivity index (χ0) is 14.6. The first kappa shape index (κ1) is 16.3. The lowest BCUT2D eigenvalue weighted by atomic mass is 10.0. The second-order valence-electron chi connectivity index (χ2n) is 5.37. The molecular formula is C13H23NO4S. The Kier molecular flexibility index (Phi) is 5.67. The van der Waals surface area contributed by atoms with E-state index < -0.39 is 17.6 Å². The molecule has 0 aromatic rings. The molecule has 5 nitrogen and oxygen atoms in total. The highest BCUT2D eigenvalue weighted by molar-refractivity contribution is 8.00. The Bertz CT molecular complexity index is 346. The molecule has 0 aromatic heterocycles. The van der Waals surface area contributed by atoms with E-state index in [1.807, 2.05) is 20.8 Å². The summed E-state index contributed by atoms with van der Waals surface area (Å²) in [7, 11) is 1.56. The minimum atomic E-state index is -0.922. The smallest absolute Gasteiger partial charge is 0.327 e. The number of carboxylic acid groups (broad SMARTS) is 1. The number of hydrogen-bond donors (Lipinski definition) is 1. The molecule has 1 N–H and O–H groups in total.